The van der Waals surface area contributed by atoms with Gasteiger partial charge in [-0.25, -0.2) is 4.79 Å². The van der Waals surface area contributed by atoms with Crippen molar-refractivity contribution >= 4 is 23.5 Å². The SMILES string of the molecule is COCC(N)C(=O)N[C@@H](C(=O)O)c1ccccc1Cl. The van der Waals surface area contributed by atoms with Crippen LogP contribution in [0.1, 0.15) is 11.6 Å². The number of nitrogens with one attached hydrogen (secondary N) is 1. The predicted molar refractivity (Wildman–Crippen MR) is 69.8 cm³/mol. The number of carbonyl (C=O) groups is 2. The van der Waals surface area contributed by atoms with Crippen LogP contribution in [-0.2, 0) is 14.3 Å². The molecule has 1 aromatic carbocycles. The van der Waals surface area contributed by atoms with Crippen molar-refractivity contribution in [1.82, 2.24) is 5.32 Å². The van der Waals surface area contributed by atoms with Crippen molar-refractivity contribution < 1.29 is 19.4 Å². The van der Waals surface area contributed by atoms with Crippen LogP contribution in [0.5, 0.6) is 0 Å². The monoisotopic (exact) mass is 286 g/mol. The Balaban J connectivity index is 2.89. The second-order valence-electron chi connectivity index (χ2n) is 3.86. The molecule has 7 heteroatoms. The number of hydrogen-bond acceptors (Lipinski definition) is 4. The highest BCUT2D eigenvalue weighted by atomic mass is 35.5. The molecule has 0 saturated heterocycles. The second-order valence-corrected chi connectivity index (χ2v) is 4.27. The van der Waals surface area contributed by atoms with Crippen molar-refractivity contribution in [3.63, 3.8) is 0 Å². The fraction of sp³-hybridized carbons (Fsp3) is 0.333. The molecular weight excluding hydrogens is 272 g/mol. The van der Waals surface area contributed by atoms with Crippen LogP contribution in [0.3, 0.4) is 0 Å². The van der Waals surface area contributed by atoms with Crippen molar-refractivity contribution in [2.24, 2.45) is 5.73 Å². The number of amides is 1. The van der Waals surface area contributed by atoms with Crippen molar-refractivity contribution in [2.45, 2.75) is 12.1 Å². The summed E-state index contributed by atoms with van der Waals surface area (Å²) in [6.07, 6.45) is 0. The molecule has 19 heavy (non-hydrogen) atoms. The van der Waals surface area contributed by atoms with E-state index in [-0.39, 0.29) is 11.6 Å². The molecule has 0 aromatic heterocycles. The Morgan fingerprint density at radius 1 is 1.47 bits per heavy atom. The number of carboxylic acids is 1. The topological polar surface area (TPSA) is 102 Å². The first-order valence-corrected chi connectivity index (χ1v) is 5.87. The van der Waals surface area contributed by atoms with Crippen molar-refractivity contribution in [1.29, 1.82) is 0 Å². The number of halogens is 1. The summed E-state index contributed by atoms with van der Waals surface area (Å²) in [5.41, 5.74) is 5.83. The molecule has 0 heterocycles. The van der Waals surface area contributed by atoms with E-state index < -0.39 is 24.0 Å². The van der Waals surface area contributed by atoms with Crippen LogP contribution < -0.4 is 11.1 Å². The minimum absolute atomic E-state index is 0.000689. The average Bonchev–Trinajstić information content (AvgIpc) is 2.36. The van der Waals surface area contributed by atoms with Gasteiger partial charge < -0.3 is 20.9 Å². The average molecular weight is 287 g/mol. The third kappa shape index (κ3) is 4.20. The molecule has 1 amide bonds. The lowest BCUT2D eigenvalue weighted by atomic mass is 10.1. The van der Waals surface area contributed by atoms with Gasteiger partial charge in [0.2, 0.25) is 5.91 Å². The molecule has 104 valence electrons. The van der Waals surface area contributed by atoms with Gasteiger partial charge in [0.05, 0.1) is 6.61 Å². The van der Waals surface area contributed by atoms with Gasteiger partial charge in [0.1, 0.15) is 6.04 Å². The number of carbonyl (C=O) groups excluding carboxylic acids is 1. The molecule has 2 atom stereocenters. The number of rotatable bonds is 6. The van der Waals surface area contributed by atoms with Gasteiger partial charge in [0.25, 0.3) is 0 Å². The number of benzene rings is 1. The van der Waals surface area contributed by atoms with Gasteiger partial charge in [0, 0.05) is 17.7 Å². The van der Waals surface area contributed by atoms with Gasteiger partial charge in [-0.1, -0.05) is 29.8 Å². The van der Waals surface area contributed by atoms with E-state index in [1.54, 1.807) is 18.2 Å². The summed E-state index contributed by atoms with van der Waals surface area (Å²) in [5.74, 6) is -1.83. The minimum atomic E-state index is -1.25. The molecule has 1 rings (SSSR count). The number of ether oxygens (including phenoxy) is 1. The quantitative estimate of drug-likeness (QED) is 0.709. The van der Waals surface area contributed by atoms with Gasteiger partial charge in [-0.3, -0.25) is 4.79 Å². The molecule has 0 radical (unpaired) electrons. The van der Waals surface area contributed by atoms with Crippen molar-refractivity contribution in [3.8, 4) is 0 Å². The molecule has 0 saturated carbocycles. The van der Waals surface area contributed by atoms with Crippen LogP contribution in [0.4, 0.5) is 0 Å². The summed E-state index contributed by atoms with van der Waals surface area (Å²) in [5, 5.41) is 11.8. The molecule has 0 aliphatic carbocycles. The van der Waals surface area contributed by atoms with E-state index in [1.165, 1.54) is 13.2 Å². The Bertz CT molecular complexity index is 467. The molecule has 0 aliphatic heterocycles. The largest absolute Gasteiger partial charge is 0.479 e. The molecule has 0 aliphatic rings. The molecule has 4 N–H and O–H groups in total. The van der Waals surface area contributed by atoms with Crippen LogP contribution in [-0.4, -0.2) is 36.7 Å². The van der Waals surface area contributed by atoms with E-state index in [1.807, 2.05) is 0 Å². The Morgan fingerprint density at radius 2 is 2.11 bits per heavy atom. The highest BCUT2D eigenvalue weighted by molar-refractivity contribution is 6.31. The van der Waals surface area contributed by atoms with Crippen LogP contribution in [0.2, 0.25) is 5.02 Å². The third-order valence-corrected chi connectivity index (χ3v) is 2.78. The third-order valence-electron chi connectivity index (χ3n) is 2.43. The normalized spacial score (nSPS) is 13.6. The van der Waals surface area contributed by atoms with Gasteiger partial charge in [-0.2, -0.15) is 0 Å². The zero-order valence-electron chi connectivity index (χ0n) is 10.3. The van der Waals surface area contributed by atoms with Gasteiger partial charge in [0.15, 0.2) is 6.04 Å². The summed E-state index contributed by atoms with van der Waals surface area (Å²) < 4.78 is 4.74. The lowest BCUT2D eigenvalue weighted by molar-refractivity contribution is -0.142. The maximum atomic E-state index is 11.7. The lowest BCUT2D eigenvalue weighted by Crippen LogP contribution is -2.46. The van der Waals surface area contributed by atoms with Crippen LogP contribution in [0, 0.1) is 0 Å². The zero-order chi connectivity index (χ0) is 14.4. The first kappa shape index (κ1) is 15.4. The molecule has 1 aromatic rings. The maximum Gasteiger partial charge on any atom is 0.330 e. The number of nitrogens with two attached hydrogens (primary N) is 1. The van der Waals surface area contributed by atoms with E-state index in [2.05, 4.69) is 5.32 Å². The van der Waals surface area contributed by atoms with E-state index in [9.17, 15) is 9.59 Å². The minimum Gasteiger partial charge on any atom is -0.479 e. The first-order valence-electron chi connectivity index (χ1n) is 5.49. The Labute approximate surface area is 115 Å². The molecule has 1 unspecified atom stereocenters. The summed E-state index contributed by atoms with van der Waals surface area (Å²) in [4.78, 5) is 22.9. The number of carboxylic acid groups (broad SMARTS) is 1. The fourth-order valence-electron chi connectivity index (χ4n) is 1.49. The Kier molecular flexibility index (Phi) is 5.75. The first-order chi connectivity index (χ1) is 8.97. The van der Waals surface area contributed by atoms with E-state index in [0.717, 1.165) is 0 Å². The van der Waals surface area contributed by atoms with Crippen molar-refractivity contribution in [2.75, 3.05) is 13.7 Å². The molecule has 6 nitrogen and oxygen atoms in total. The van der Waals surface area contributed by atoms with Crippen LogP contribution >= 0.6 is 11.6 Å². The smallest absolute Gasteiger partial charge is 0.330 e. The van der Waals surface area contributed by atoms with Crippen LogP contribution in [0.25, 0.3) is 0 Å². The van der Waals surface area contributed by atoms with E-state index in [4.69, 9.17) is 27.2 Å². The number of methoxy groups -OCH3 is 1. The zero-order valence-corrected chi connectivity index (χ0v) is 11.1. The molecule has 0 bridgehead atoms. The van der Waals surface area contributed by atoms with Crippen molar-refractivity contribution in [3.05, 3.63) is 34.9 Å². The number of aliphatic carboxylic acids is 1. The summed E-state index contributed by atoms with van der Waals surface area (Å²) in [6.45, 7) is 0.000689. The lowest BCUT2D eigenvalue weighted by Gasteiger charge is -2.18. The highest BCUT2D eigenvalue weighted by Crippen LogP contribution is 2.22. The predicted octanol–water partition coefficient (Wildman–Crippen LogP) is 0.556. The molecule has 0 fully saturated rings. The van der Waals surface area contributed by atoms with Gasteiger partial charge in [-0.15, -0.1) is 0 Å². The van der Waals surface area contributed by atoms with E-state index in [0.29, 0.717) is 5.56 Å². The standard InChI is InChI=1S/C12H15ClN2O4/c1-19-6-9(14)11(16)15-10(12(17)18)7-4-2-3-5-8(7)13/h2-5,9-10H,6,14H2,1H3,(H,15,16)(H,17,18)/t9?,10-/m1/s1. The van der Waals surface area contributed by atoms with Crippen LogP contribution in [0.15, 0.2) is 24.3 Å². The number of hydrogen-bond donors (Lipinski definition) is 3. The maximum absolute atomic E-state index is 11.7. The molecular formula is C12H15ClN2O4. The highest BCUT2D eigenvalue weighted by Gasteiger charge is 2.26. The summed E-state index contributed by atoms with van der Waals surface area (Å²) in [6, 6.07) is 4.21. The van der Waals surface area contributed by atoms with E-state index >= 15 is 0 Å². The summed E-state index contributed by atoms with van der Waals surface area (Å²) in [7, 11) is 1.40. The second kappa shape index (κ2) is 7.08. The fourth-order valence-corrected chi connectivity index (χ4v) is 1.73. The molecule has 0 spiro atoms. The van der Waals surface area contributed by atoms with Gasteiger partial charge >= 0.3 is 5.97 Å². The Morgan fingerprint density at radius 3 is 2.63 bits per heavy atom. The van der Waals surface area contributed by atoms with Gasteiger partial charge in [-0.05, 0) is 6.07 Å². The Hall–Kier alpha value is -1.63. The summed E-state index contributed by atoms with van der Waals surface area (Å²) >= 11 is 5.92.